The van der Waals surface area contributed by atoms with E-state index in [2.05, 4.69) is 0 Å². The van der Waals surface area contributed by atoms with Crippen molar-refractivity contribution in [3.63, 3.8) is 0 Å². The summed E-state index contributed by atoms with van der Waals surface area (Å²) in [4.78, 5) is 12.4. The predicted octanol–water partition coefficient (Wildman–Crippen LogP) is 4.66. The van der Waals surface area contributed by atoms with Crippen molar-refractivity contribution in [2.24, 2.45) is 0 Å². The van der Waals surface area contributed by atoms with Crippen LogP contribution in [0, 0.1) is 6.92 Å². The van der Waals surface area contributed by atoms with Crippen LogP contribution in [0.4, 0.5) is 0 Å². The molecule has 0 saturated carbocycles. The zero-order valence-electron chi connectivity index (χ0n) is 12.1. The summed E-state index contributed by atoms with van der Waals surface area (Å²) < 4.78 is 5.89. The fourth-order valence-corrected chi connectivity index (χ4v) is 2.37. The van der Waals surface area contributed by atoms with Crippen LogP contribution in [0.15, 0.2) is 63.8 Å². The van der Waals surface area contributed by atoms with Gasteiger partial charge in [-0.3, -0.25) is 4.79 Å². The Morgan fingerprint density at radius 2 is 1.67 bits per heavy atom. The van der Waals surface area contributed by atoms with E-state index in [1.165, 1.54) is 0 Å². The minimum atomic E-state index is 0.0314. The van der Waals surface area contributed by atoms with Crippen LogP contribution in [-0.2, 0) is 0 Å². The highest BCUT2D eigenvalue weighted by atomic mass is 16.3. The molecular weight excluding hydrogens is 260 g/mol. The maximum Gasteiger partial charge on any atom is 0.196 e. The van der Waals surface area contributed by atoms with Crippen LogP contribution in [0.3, 0.4) is 0 Å². The molecule has 2 nitrogen and oxygen atoms in total. The second-order valence-electron chi connectivity index (χ2n) is 5.11. The van der Waals surface area contributed by atoms with E-state index in [-0.39, 0.29) is 5.43 Å². The highest BCUT2D eigenvalue weighted by Crippen LogP contribution is 2.21. The van der Waals surface area contributed by atoms with Crippen LogP contribution in [0.1, 0.15) is 23.8 Å². The molecule has 0 aliphatic carbocycles. The van der Waals surface area contributed by atoms with Crippen molar-refractivity contribution in [3.8, 4) is 0 Å². The van der Waals surface area contributed by atoms with Crippen molar-refractivity contribution in [2.75, 3.05) is 0 Å². The van der Waals surface area contributed by atoms with Crippen molar-refractivity contribution < 1.29 is 4.42 Å². The Labute approximate surface area is 123 Å². The highest BCUT2D eigenvalue weighted by Gasteiger charge is 2.09. The Morgan fingerprint density at radius 1 is 1.00 bits per heavy atom. The van der Waals surface area contributed by atoms with Gasteiger partial charge in [-0.2, -0.15) is 0 Å². The zero-order valence-corrected chi connectivity index (χ0v) is 12.1. The van der Waals surface area contributed by atoms with E-state index in [1.54, 1.807) is 6.07 Å². The summed E-state index contributed by atoms with van der Waals surface area (Å²) in [6, 6.07) is 17.4. The lowest BCUT2D eigenvalue weighted by Gasteiger charge is -2.05. The van der Waals surface area contributed by atoms with E-state index < -0.39 is 0 Å². The van der Waals surface area contributed by atoms with Gasteiger partial charge in [-0.05, 0) is 43.2 Å². The smallest absolute Gasteiger partial charge is 0.196 e. The summed E-state index contributed by atoms with van der Waals surface area (Å²) in [5.74, 6) is 0.625. The van der Waals surface area contributed by atoms with Crippen molar-refractivity contribution in [3.05, 3.63) is 81.7 Å². The first-order valence-electron chi connectivity index (χ1n) is 6.93. The summed E-state index contributed by atoms with van der Waals surface area (Å²) in [6.45, 7) is 3.83. The molecule has 0 aliphatic heterocycles. The second kappa shape index (κ2) is 5.41. The predicted molar refractivity (Wildman–Crippen MR) is 87.2 cm³/mol. The number of benzene rings is 2. The molecule has 104 valence electrons. The zero-order chi connectivity index (χ0) is 14.8. The molecule has 21 heavy (non-hydrogen) atoms. The Morgan fingerprint density at radius 3 is 2.43 bits per heavy atom. The lowest BCUT2D eigenvalue weighted by Crippen LogP contribution is -2.07. The molecule has 0 fully saturated rings. The molecular formula is C19H16O2. The van der Waals surface area contributed by atoms with E-state index in [0.717, 1.165) is 11.1 Å². The van der Waals surface area contributed by atoms with E-state index >= 15 is 0 Å². The Kier molecular flexibility index (Phi) is 3.44. The molecule has 3 rings (SSSR count). The van der Waals surface area contributed by atoms with E-state index in [9.17, 15) is 4.79 Å². The quantitative estimate of drug-likeness (QED) is 0.681. The maximum atomic E-state index is 12.4. The number of hydrogen-bond donors (Lipinski definition) is 0. The third kappa shape index (κ3) is 2.52. The van der Waals surface area contributed by atoms with Crippen LogP contribution in [-0.4, -0.2) is 0 Å². The van der Waals surface area contributed by atoms with Crippen LogP contribution in [0.25, 0.3) is 22.6 Å². The Balaban J connectivity index is 2.17. The van der Waals surface area contributed by atoms with Gasteiger partial charge < -0.3 is 4.42 Å². The molecule has 1 heterocycles. The van der Waals surface area contributed by atoms with Gasteiger partial charge in [0.05, 0.1) is 5.39 Å². The third-order valence-electron chi connectivity index (χ3n) is 3.64. The lowest BCUT2D eigenvalue weighted by atomic mass is 10.0. The molecule has 0 atom stereocenters. The molecule has 3 aromatic rings. The molecule has 0 radical (unpaired) electrons. The first kappa shape index (κ1) is 13.4. The Bertz CT molecular complexity index is 871. The van der Waals surface area contributed by atoms with Crippen molar-refractivity contribution >= 4 is 22.6 Å². The molecule has 2 heteroatoms. The van der Waals surface area contributed by atoms with Crippen LogP contribution >= 0.6 is 0 Å². The summed E-state index contributed by atoms with van der Waals surface area (Å²) >= 11 is 0. The van der Waals surface area contributed by atoms with Gasteiger partial charge in [0.15, 0.2) is 5.43 Å². The minimum absolute atomic E-state index is 0.0314. The van der Waals surface area contributed by atoms with Gasteiger partial charge in [-0.1, -0.05) is 42.5 Å². The first-order chi connectivity index (χ1) is 10.2. The van der Waals surface area contributed by atoms with Gasteiger partial charge >= 0.3 is 0 Å². The molecule has 0 bridgehead atoms. The summed E-state index contributed by atoms with van der Waals surface area (Å²) in [6.07, 6.45) is 1.93. The molecule has 0 spiro atoms. The number of hydrogen-bond acceptors (Lipinski definition) is 2. The van der Waals surface area contributed by atoms with Crippen molar-refractivity contribution in [1.29, 1.82) is 0 Å². The van der Waals surface area contributed by atoms with Crippen LogP contribution in [0.2, 0.25) is 0 Å². The maximum absolute atomic E-state index is 12.4. The van der Waals surface area contributed by atoms with E-state index in [4.69, 9.17) is 4.42 Å². The molecule has 1 aromatic heterocycles. The van der Waals surface area contributed by atoms with Crippen molar-refractivity contribution in [2.45, 2.75) is 13.8 Å². The topological polar surface area (TPSA) is 30.2 Å². The fourth-order valence-electron chi connectivity index (χ4n) is 2.37. The van der Waals surface area contributed by atoms with Gasteiger partial charge in [-0.15, -0.1) is 0 Å². The lowest BCUT2D eigenvalue weighted by molar-refractivity contribution is 0.585. The fraction of sp³-hybridized carbons (Fsp3) is 0.105. The normalized spacial score (nSPS) is 11.8. The first-order valence-corrected chi connectivity index (χ1v) is 6.93. The summed E-state index contributed by atoms with van der Waals surface area (Å²) in [5, 5.41) is 0.629. The monoisotopic (exact) mass is 276 g/mol. The van der Waals surface area contributed by atoms with E-state index in [1.807, 2.05) is 68.5 Å². The number of allylic oxidation sites excluding steroid dienone is 1. The van der Waals surface area contributed by atoms with Crippen molar-refractivity contribution in [1.82, 2.24) is 0 Å². The molecule has 0 unspecified atom stereocenters. The number of para-hydroxylation sites is 1. The number of fused-ring (bicyclic) bond motifs is 1. The van der Waals surface area contributed by atoms with Crippen LogP contribution < -0.4 is 5.43 Å². The standard InChI is InChI=1S/C19H16O2/c1-13(15-8-4-3-5-9-15)12-18-14(2)19(20)16-10-6-7-11-17(16)21-18/h3-12H,1-2H3/b13-12+. The van der Waals surface area contributed by atoms with Gasteiger partial charge in [0.2, 0.25) is 0 Å². The minimum Gasteiger partial charge on any atom is -0.456 e. The average Bonchev–Trinajstić information content (AvgIpc) is 2.53. The molecule has 2 aromatic carbocycles. The second-order valence-corrected chi connectivity index (χ2v) is 5.11. The van der Waals surface area contributed by atoms with Gasteiger partial charge in [0, 0.05) is 5.56 Å². The Hall–Kier alpha value is -2.61. The van der Waals surface area contributed by atoms with Crippen LogP contribution in [0.5, 0.6) is 0 Å². The molecule has 0 amide bonds. The number of rotatable bonds is 2. The summed E-state index contributed by atoms with van der Waals surface area (Å²) in [7, 11) is 0. The van der Waals surface area contributed by atoms with E-state index in [0.29, 0.717) is 22.3 Å². The summed E-state index contributed by atoms with van der Waals surface area (Å²) in [5.41, 5.74) is 3.48. The molecule has 0 aliphatic rings. The molecule has 0 saturated heterocycles. The van der Waals surface area contributed by atoms with Gasteiger partial charge in [0.25, 0.3) is 0 Å². The average molecular weight is 276 g/mol. The molecule has 0 N–H and O–H groups in total. The van der Waals surface area contributed by atoms with Gasteiger partial charge in [0.1, 0.15) is 11.3 Å². The van der Waals surface area contributed by atoms with Gasteiger partial charge in [-0.25, -0.2) is 0 Å². The largest absolute Gasteiger partial charge is 0.456 e. The highest BCUT2D eigenvalue weighted by molar-refractivity contribution is 5.83. The SMILES string of the molecule is C/C(=C\c1oc2ccccc2c(=O)c1C)c1ccccc1. The third-order valence-corrected chi connectivity index (χ3v) is 3.64.